The van der Waals surface area contributed by atoms with E-state index in [1.165, 1.54) is 0 Å². The van der Waals surface area contributed by atoms with Crippen molar-refractivity contribution < 1.29 is 0 Å². The van der Waals surface area contributed by atoms with E-state index in [2.05, 4.69) is 28.1 Å². The van der Waals surface area contributed by atoms with Crippen LogP contribution in [0.1, 0.15) is 6.42 Å². The minimum atomic E-state index is 1.03. The second-order valence-electron chi connectivity index (χ2n) is 2.50. The van der Waals surface area contributed by atoms with Crippen molar-refractivity contribution in [2.75, 3.05) is 13.1 Å². The van der Waals surface area contributed by atoms with Gasteiger partial charge in [0.05, 0.1) is 0 Å². The van der Waals surface area contributed by atoms with E-state index in [-0.39, 0.29) is 0 Å². The van der Waals surface area contributed by atoms with Crippen molar-refractivity contribution in [1.29, 1.82) is 0 Å². The second-order valence-corrected chi connectivity index (χ2v) is 2.50. The Bertz CT molecular complexity index is 213. The van der Waals surface area contributed by atoms with E-state index in [1.807, 2.05) is 6.21 Å². The monoisotopic (exact) mass is 134 g/mol. The van der Waals surface area contributed by atoms with Crippen LogP contribution in [0.25, 0.3) is 0 Å². The van der Waals surface area contributed by atoms with Crippen molar-refractivity contribution in [2.24, 2.45) is 4.99 Å². The first kappa shape index (κ1) is 5.71. The number of hydrogen-bond acceptors (Lipinski definition) is 2. The largest absolute Gasteiger partial charge is 0.353 e. The number of hydrogen-bond donors (Lipinski definition) is 0. The van der Waals surface area contributed by atoms with Gasteiger partial charge in [0.25, 0.3) is 0 Å². The summed E-state index contributed by atoms with van der Waals surface area (Å²) in [6.45, 7) is 2.16. The molecule has 2 nitrogen and oxygen atoms in total. The van der Waals surface area contributed by atoms with Crippen LogP contribution in [0.2, 0.25) is 0 Å². The fourth-order valence-corrected chi connectivity index (χ4v) is 1.24. The smallest absolute Gasteiger partial charge is 0.128 e. The molecule has 0 aromatic heterocycles. The summed E-state index contributed by atoms with van der Waals surface area (Å²) in [7, 11) is 0. The molecule has 2 aliphatic rings. The number of rotatable bonds is 0. The van der Waals surface area contributed by atoms with Gasteiger partial charge >= 0.3 is 0 Å². The topological polar surface area (TPSA) is 15.6 Å². The molecule has 0 saturated carbocycles. The SMILES string of the molecule is C1=CCN2CCC=NC2=C1. The lowest BCUT2D eigenvalue weighted by Gasteiger charge is -2.27. The molecule has 2 aliphatic heterocycles. The van der Waals surface area contributed by atoms with Gasteiger partial charge in [-0.15, -0.1) is 0 Å². The van der Waals surface area contributed by atoms with Gasteiger partial charge in [-0.2, -0.15) is 0 Å². The van der Waals surface area contributed by atoms with Crippen LogP contribution in [0, 0.1) is 0 Å². The molecular weight excluding hydrogens is 124 g/mol. The van der Waals surface area contributed by atoms with Gasteiger partial charge < -0.3 is 4.90 Å². The number of nitrogens with zero attached hydrogens (tertiary/aromatic N) is 2. The van der Waals surface area contributed by atoms with Crippen LogP contribution in [0.4, 0.5) is 0 Å². The lowest BCUT2D eigenvalue weighted by atomic mass is 10.2. The zero-order chi connectivity index (χ0) is 6.81. The summed E-state index contributed by atoms with van der Waals surface area (Å²) >= 11 is 0. The Balaban J connectivity index is 2.27. The molecule has 0 radical (unpaired) electrons. The van der Waals surface area contributed by atoms with Gasteiger partial charge in [-0.3, -0.25) is 0 Å². The molecule has 0 saturated heterocycles. The quantitative estimate of drug-likeness (QED) is 0.485. The molecule has 0 unspecified atom stereocenters. The van der Waals surface area contributed by atoms with Gasteiger partial charge in [-0.25, -0.2) is 4.99 Å². The summed E-state index contributed by atoms with van der Waals surface area (Å²) in [6.07, 6.45) is 9.35. The van der Waals surface area contributed by atoms with Crippen LogP contribution >= 0.6 is 0 Å². The van der Waals surface area contributed by atoms with Crippen molar-refractivity contribution in [3.05, 3.63) is 24.0 Å². The van der Waals surface area contributed by atoms with Gasteiger partial charge in [0, 0.05) is 25.7 Å². The predicted molar refractivity (Wildman–Crippen MR) is 41.9 cm³/mol. The zero-order valence-electron chi connectivity index (χ0n) is 5.83. The maximum Gasteiger partial charge on any atom is 0.128 e. The molecule has 0 fully saturated rings. The summed E-state index contributed by atoms with van der Waals surface area (Å²) in [4.78, 5) is 6.54. The Hall–Kier alpha value is -1.05. The van der Waals surface area contributed by atoms with E-state index in [9.17, 15) is 0 Å². The Morgan fingerprint density at radius 3 is 3.40 bits per heavy atom. The van der Waals surface area contributed by atoms with Crippen molar-refractivity contribution in [2.45, 2.75) is 6.42 Å². The molecule has 0 bridgehead atoms. The van der Waals surface area contributed by atoms with Crippen molar-refractivity contribution in [1.82, 2.24) is 4.90 Å². The molecule has 0 atom stereocenters. The Kier molecular flexibility index (Phi) is 1.31. The van der Waals surface area contributed by atoms with Crippen molar-refractivity contribution >= 4 is 6.21 Å². The first-order chi connectivity index (χ1) is 4.97. The van der Waals surface area contributed by atoms with Gasteiger partial charge in [0.15, 0.2) is 0 Å². The fourth-order valence-electron chi connectivity index (χ4n) is 1.24. The summed E-state index contributed by atoms with van der Waals surface area (Å²) in [5, 5.41) is 0. The molecular formula is C8H10N2. The van der Waals surface area contributed by atoms with Gasteiger partial charge in [0.2, 0.25) is 0 Å². The molecule has 0 aromatic rings. The highest BCUT2D eigenvalue weighted by molar-refractivity contribution is 5.60. The fraction of sp³-hybridized carbons (Fsp3) is 0.375. The third-order valence-electron chi connectivity index (χ3n) is 1.78. The molecule has 2 rings (SSSR count). The molecule has 2 heteroatoms. The standard InChI is InChI=1S/C8H10N2/c1-2-6-10-7-3-5-9-8(10)4-1/h1-2,4-5H,3,6-7H2. The number of fused-ring (bicyclic) bond motifs is 1. The van der Waals surface area contributed by atoms with Crippen LogP contribution in [-0.2, 0) is 0 Å². The molecule has 0 N–H and O–H groups in total. The highest BCUT2D eigenvalue weighted by Gasteiger charge is 2.10. The molecule has 10 heavy (non-hydrogen) atoms. The Labute approximate surface area is 60.6 Å². The average molecular weight is 134 g/mol. The number of allylic oxidation sites excluding steroid dienone is 2. The summed E-state index contributed by atoms with van der Waals surface area (Å²) in [5.41, 5.74) is 0. The van der Waals surface area contributed by atoms with Gasteiger partial charge in [-0.1, -0.05) is 12.2 Å². The molecule has 52 valence electrons. The molecule has 0 aromatic carbocycles. The molecule has 2 heterocycles. The second kappa shape index (κ2) is 2.29. The van der Waals surface area contributed by atoms with E-state index in [4.69, 9.17) is 0 Å². The lowest BCUT2D eigenvalue weighted by molar-refractivity contribution is 0.375. The van der Waals surface area contributed by atoms with Crippen molar-refractivity contribution in [3.8, 4) is 0 Å². The maximum atomic E-state index is 4.26. The lowest BCUT2D eigenvalue weighted by Crippen LogP contribution is -2.28. The van der Waals surface area contributed by atoms with Gasteiger partial charge in [0.1, 0.15) is 5.82 Å². The van der Waals surface area contributed by atoms with Crippen LogP contribution in [0.3, 0.4) is 0 Å². The van der Waals surface area contributed by atoms with Gasteiger partial charge in [-0.05, 0) is 6.08 Å². The van der Waals surface area contributed by atoms with E-state index >= 15 is 0 Å². The van der Waals surface area contributed by atoms with Crippen molar-refractivity contribution in [3.63, 3.8) is 0 Å². The maximum absolute atomic E-state index is 4.26. The van der Waals surface area contributed by atoms with E-state index in [0.29, 0.717) is 0 Å². The highest BCUT2D eigenvalue weighted by Crippen LogP contribution is 2.13. The van der Waals surface area contributed by atoms with E-state index in [0.717, 1.165) is 25.3 Å². The third kappa shape index (κ3) is 0.856. The first-order valence-corrected chi connectivity index (χ1v) is 3.61. The number of aliphatic imine (C=N–C) groups is 1. The predicted octanol–water partition coefficient (Wildman–Crippen LogP) is 1.17. The average Bonchev–Trinajstić information content (AvgIpc) is 2.05. The minimum absolute atomic E-state index is 1.03. The molecule has 0 spiro atoms. The summed E-state index contributed by atoms with van der Waals surface area (Å²) < 4.78 is 0. The highest BCUT2D eigenvalue weighted by atomic mass is 15.2. The van der Waals surface area contributed by atoms with E-state index in [1.54, 1.807) is 0 Å². The van der Waals surface area contributed by atoms with Crippen LogP contribution in [0.15, 0.2) is 29.0 Å². The zero-order valence-corrected chi connectivity index (χ0v) is 5.83. The van der Waals surface area contributed by atoms with Crippen LogP contribution < -0.4 is 0 Å². The summed E-state index contributed by atoms with van der Waals surface area (Å²) in [5.74, 6) is 1.12. The third-order valence-corrected chi connectivity index (χ3v) is 1.78. The van der Waals surface area contributed by atoms with E-state index < -0.39 is 0 Å². The molecule has 0 aliphatic carbocycles. The normalized spacial score (nSPS) is 22.4. The Morgan fingerprint density at radius 1 is 1.50 bits per heavy atom. The minimum Gasteiger partial charge on any atom is -0.353 e. The first-order valence-electron chi connectivity index (χ1n) is 3.61. The molecule has 0 amide bonds. The Morgan fingerprint density at radius 2 is 2.50 bits per heavy atom. The van der Waals surface area contributed by atoms with Crippen LogP contribution in [0.5, 0.6) is 0 Å². The summed E-state index contributed by atoms with van der Waals surface area (Å²) in [6, 6.07) is 0. The van der Waals surface area contributed by atoms with Crippen LogP contribution in [-0.4, -0.2) is 24.2 Å².